The first-order valence-electron chi connectivity index (χ1n) is 7.25. The number of nitrogens with zero attached hydrogens (tertiary/aromatic N) is 3. The molecule has 0 saturated heterocycles. The van der Waals surface area contributed by atoms with Crippen LogP contribution in [0.1, 0.15) is 11.4 Å². The molecule has 25 heavy (non-hydrogen) atoms. The minimum atomic E-state index is -3.64. The van der Waals surface area contributed by atoms with Gasteiger partial charge in [0.05, 0.1) is 22.1 Å². The summed E-state index contributed by atoms with van der Waals surface area (Å²) in [5.74, 6) is -0.399. The van der Waals surface area contributed by atoms with Crippen molar-refractivity contribution in [2.45, 2.75) is 25.3 Å². The molecule has 2 aromatic rings. The van der Waals surface area contributed by atoms with Crippen LogP contribution in [0.3, 0.4) is 0 Å². The van der Waals surface area contributed by atoms with Crippen LogP contribution in [0.2, 0.25) is 10.0 Å². The molecule has 0 aliphatic heterocycles. The average molecular weight is 405 g/mol. The van der Waals surface area contributed by atoms with E-state index in [9.17, 15) is 13.2 Å². The highest BCUT2D eigenvalue weighted by Gasteiger charge is 2.27. The predicted molar refractivity (Wildman–Crippen MR) is 97.7 cm³/mol. The molecule has 10 heteroatoms. The van der Waals surface area contributed by atoms with Crippen LogP contribution in [0.5, 0.6) is 0 Å². The van der Waals surface area contributed by atoms with E-state index in [-0.39, 0.29) is 11.4 Å². The average Bonchev–Trinajstić information content (AvgIpc) is 2.77. The Morgan fingerprint density at radius 1 is 1.28 bits per heavy atom. The molecule has 0 atom stereocenters. The minimum absolute atomic E-state index is 0.103. The number of hydrogen-bond donors (Lipinski definition) is 1. The van der Waals surface area contributed by atoms with Crippen molar-refractivity contribution in [2.24, 2.45) is 0 Å². The molecule has 0 unspecified atom stereocenters. The van der Waals surface area contributed by atoms with Gasteiger partial charge in [0.15, 0.2) is 0 Å². The Balaban J connectivity index is 2.27. The van der Waals surface area contributed by atoms with Crippen LogP contribution in [0, 0.1) is 13.8 Å². The first kappa shape index (κ1) is 19.7. The van der Waals surface area contributed by atoms with E-state index in [2.05, 4.69) is 10.4 Å². The third-order valence-electron chi connectivity index (χ3n) is 3.55. The summed E-state index contributed by atoms with van der Waals surface area (Å²) in [5.41, 5.74) is 1.10. The number of sulfonamides is 1. The summed E-state index contributed by atoms with van der Waals surface area (Å²) >= 11 is 11.9. The van der Waals surface area contributed by atoms with Crippen LogP contribution in [-0.2, 0) is 21.4 Å². The van der Waals surface area contributed by atoms with E-state index >= 15 is 0 Å². The molecule has 0 fully saturated rings. The lowest BCUT2D eigenvalue weighted by molar-refractivity contribution is -0.116. The van der Waals surface area contributed by atoms with Crippen molar-refractivity contribution in [1.82, 2.24) is 14.1 Å². The maximum atomic E-state index is 12.4. The van der Waals surface area contributed by atoms with Gasteiger partial charge in [-0.3, -0.25) is 9.48 Å². The number of aryl methyl sites for hydroxylation is 1. The summed E-state index contributed by atoms with van der Waals surface area (Å²) in [6.07, 6.45) is 0. The molecular formula is C15H18Cl2N4O3S. The molecule has 1 heterocycles. The van der Waals surface area contributed by atoms with Gasteiger partial charge in [0.2, 0.25) is 15.9 Å². The van der Waals surface area contributed by atoms with Crippen molar-refractivity contribution in [3.05, 3.63) is 39.6 Å². The number of hydrogen-bond acceptors (Lipinski definition) is 4. The first-order chi connectivity index (χ1) is 11.5. The fourth-order valence-electron chi connectivity index (χ4n) is 2.31. The van der Waals surface area contributed by atoms with Gasteiger partial charge in [-0.25, -0.2) is 12.7 Å². The Morgan fingerprint density at radius 3 is 2.52 bits per heavy atom. The Labute approximate surface area is 156 Å². The standard InChI is InChI=1S/C15H18Cl2N4O3S/c1-9-15(25(23,24)20(3)4)10(2)21(19-9)8-14(22)18-13-7-11(16)5-6-12(13)17/h5-7H,8H2,1-4H3,(H,18,22). The molecule has 0 aliphatic carbocycles. The first-order valence-corrected chi connectivity index (χ1v) is 9.45. The Morgan fingerprint density at radius 2 is 1.92 bits per heavy atom. The maximum Gasteiger partial charge on any atom is 0.246 e. The molecule has 0 saturated carbocycles. The molecule has 0 radical (unpaired) electrons. The van der Waals surface area contributed by atoms with Crippen molar-refractivity contribution in [1.29, 1.82) is 0 Å². The summed E-state index contributed by atoms with van der Waals surface area (Å²) in [6.45, 7) is 3.04. The molecule has 2 rings (SSSR count). The summed E-state index contributed by atoms with van der Waals surface area (Å²) in [4.78, 5) is 12.4. The van der Waals surface area contributed by atoms with Crippen LogP contribution in [0.4, 0.5) is 5.69 Å². The molecule has 1 aromatic heterocycles. The number of benzene rings is 1. The van der Waals surface area contributed by atoms with Crippen molar-refractivity contribution in [2.75, 3.05) is 19.4 Å². The molecule has 0 bridgehead atoms. The van der Waals surface area contributed by atoms with Gasteiger partial charge in [-0.1, -0.05) is 23.2 Å². The van der Waals surface area contributed by atoms with E-state index in [0.29, 0.717) is 27.1 Å². The topological polar surface area (TPSA) is 84.3 Å². The number of halogens is 2. The lowest BCUT2D eigenvalue weighted by Crippen LogP contribution is -2.24. The number of nitrogens with one attached hydrogen (secondary N) is 1. The predicted octanol–water partition coefficient (Wildman–Crippen LogP) is 2.70. The third-order valence-corrected chi connectivity index (χ3v) is 6.18. The molecule has 136 valence electrons. The van der Waals surface area contributed by atoms with E-state index in [1.807, 2.05) is 0 Å². The highest BCUT2D eigenvalue weighted by atomic mass is 35.5. The quantitative estimate of drug-likeness (QED) is 0.829. The highest BCUT2D eigenvalue weighted by Crippen LogP contribution is 2.26. The fourth-order valence-corrected chi connectivity index (χ4v) is 3.90. The van der Waals surface area contributed by atoms with E-state index in [0.717, 1.165) is 4.31 Å². The van der Waals surface area contributed by atoms with Crippen molar-refractivity contribution in [3.8, 4) is 0 Å². The molecule has 0 spiro atoms. The summed E-state index contributed by atoms with van der Waals surface area (Å²) in [6, 6.07) is 4.72. The van der Waals surface area contributed by atoms with Gasteiger partial charge >= 0.3 is 0 Å². The molecule has 1 amide bonds. The zero-order chi connectivity index (χ0) is 18.9. The normalized spacial score (nSPS) is 11.8. The molecule has 0 aliphatic rings. The van der Waals surface area contributed by atoms with E-state index in [4.69, 9.17) is 23.2 Å². The number of amides is 1. The van der Waals surface area contributed by atoms with Crippen LogP contribution in [0.25, 0.3) is 0 Å². The van der Waals surface area contributed by atoms with Gasteiger partial charge in [0.1, 0.15) is 11.4 Å². The number of aromatic nitrogens is 2. The van der Waals surface area contributed by atoms with E-state index in [1.165, 1.54) is 24.8 Å². The molecule has 7 nitrogen and oxygen atoms in total. The van der Waals surface area contributed by atoms with Crippen LogP contribution >= 0.6 is 23.2 Å². The Bertz CT molecular complexity index is 923. The summed E-state index contributed by atoms with van der Waals surface area (Å²) in [5, 5.41) is 7.60. The zero-order valence-electron chi connectivity index (χ0n) is 14.2. The van der Waals surface area contributed by atoms with Gasteiger partial charge in [0, 0.05) is 19.1 Å². The van der Waals surface area contributed by atoms with Crippen LogP contribution in [0.15, 0.2) is 23.1 Å². The van der Waals surface area contributed by atoms with Gasteiger partial charge < -0.3 is 5.32 Å². The lowest BCUT2D eigenvalue weighted by atomic mass is 10.3. The van der Waals surface area contributed by atoms with Crippen molar-refractivity contribution in [3.63, 3.8) is 0 Å². The van der Waals surface area contributed by atoms with Crippen LogP contribution in [-0.4, -0.2) is 42.5 Å². The Hall–Kier alpha value is -1.61. The van der Waals surface area contributed by atoms with E-state index in [1.54, 1.807) is 26.0 Å². The number of anilines is 1. The van der Waals surface area contributed by atoms with Crippen molar-refractivity contribution >= 4 is 44.8 Å². The fraction of sp³-hybridized carbons (Fsp3) is 0.333. The van der Waals surface area contributed by atoms with Gasteiger partial charge in [0.25, 0.3) is 0 Å². The zero-order valence-corrected chi connectivity index (χ0v) is 16.5. The number of rotatable bonds is 5. The molecule has 1 aromatic carbocycles. The molecular weight excluding hydrogens is 387 g/mol. The van der Waals surface area contributed by atoms with Gasteiger partial charge in [-0.2, -0.15) is 5.10 Å². The van der Waals surface area contributed by atoms with E-state index < -0.39 is 15.9 Å². The highest BCUT2D eigenvalue weighted by molar-refractivity contribution is 7.89. The maximum absolute atomic E-state index is 12.4. The Kier molecular flexibility index (Phi) is 5.78. The number of carbonyl (C=O) groups is 1. The van der Waals surface area contributed by atoms with Gasteiger partial charge in [-0.05, 0) is 32.0 Å². The minimum Gasteiger partial charge on any atom is -0.323 e. The molecule has 1 N–H and O–H groups in total. The second-order valence-electron chi connectivity index (χ2n) is 5.62. The van der Waals surface area contributed by atoms with Crippen molar-refractivity contribution < 1.29 is 13.2 Å². The summed E-state index contributed by atoms with van der Waals surface area (Å²) in [7, 11) is -0.757. The van der Waals surface area contributed by atoms with Crippen LogP contribution < -0.4 is 5.32 Å². The SMILES string of the molecule is Cc1nn(CC(=O)Nc2cc(Cl)ccc2Cl)c(C)c1S(=O)(=O)N(C)C. The second kappa shape index (κ2) is 7.33. The monoisotopic (exact) mass is 404 g/mol. The number of carbonyl (C=O) groups excluding carboxylic acids is 1. The smallest absolute Gasteiger partial charge is 0.246 e. The second-order valence-corrected chi connectivity index (χ2v) is 8.55. The third kappa shape index (κ3) is 4.14. The largest absolute Gasteiger partial charge is 0.323 e. The lowest BCUT2D eigenvalue weighted by Gasteiger charge is -2.12. The summed E-state index contributed by atoms with van der Waals surface area (Å²) < 4.78 is 27.2. The van der Waals surface area contributed by atoms with Gasteiger partial charge in [-0.15, -0.1) is 0 Å².